The molecule has 21 heavy (non-hydrogen) atoms. The Balaban J connectivity index is 1.79. The third-order valence-electron chi connectivity index (χ3n) is 3.07. The maximum atomic E-state index is 12.0. The lowest BCUT2D eigenvalue weighted by Crippen LogP contribution is -2.37. The van der Waals surface area contributed by atoms with E-state index in [1.54, 1.807) is 41.5 Å². The standard InChI is InChI=1S/C15H19N3O2S/c1-11-17-13(10-21-11)7-8-16-15(20)18(2)9-12-5-3-4-6-14(12)19/h3-6,10,19H,7-9H2,1-2H3,(H,16,20). The lowest BCUT2D eigenvalue weighted by molar-refractivity contribution is 0.206. The highest BCUT2D eigenvalue weighted by Crippen LogP contribution is 2.17. The number of hydrogen-bond acceptors (Lipinski definition) is 4. The fourth-order valence-electron chi connectivity index (χ4n) is 1.93. The summed E-state index contributed by atoms with van der Waals surface area (Å²) in [4.78, 5) is 17.9. The maximum Gasteiger partial charge on any atom is 0.317 e. The molecule has 0 radical (unpaired) electrons. The minimum atomic E-state index is -0.162. The van der Waals surface area contributed by atoms with E-state index < -0.39 is 0 Å². The first-order valence-corrected chi connectivity index (χ1v) is 7.61. The summed E-state index contributed by atoms with van der Waals surface area (Å²) in [5, 5.41) is 15.6. The van der Waals surface area contributed by atoms with Gasteiger partial charge in [-0.3, -0.25) is 0 Å². The Morgan fingerprint density at radius 1 is 1.43 bits per heavy atom. The van der Waals surface area contributed by atoms with E-state index in [-0.39, 0.29) is 11.8 Å². The number of amides is 2. The van der Waals surface area contributed by atoms with Gasteiger partial charge in [0.05, 0.1) is 17.2 Å². The monoisotopic (exact) mass is 305 g/mol. The summed E-state index contributed by atoms with van der Waals surface area (Å²) >= 11 is 1.61. The molecule has 0 saturated carbocycles. The van der Waals surface area contributed by atoms with Crippen molar-refractivity contribution >= 4 is 17.4 Å². The molecule has 1 aromatic carbocycles. The molecule has 0 aliphatic rings. The fourth-order valence-corrected chi connectivity index (χ4v) is 2.57. The molecule has 0 saturated heterocycles. The van der Waals surface area contributed by atoms with Crippen molar-refractivity contribution in [1.29, 1.82) is 0 Å². The summed E-state index contributed by atoms with van der Waals surface area (Å²) in [5.41, 5.74) is 1.73. The van der Waals surface area contributed by atoms with E-state index in [1.807, 2.05) is 18.4 Å². The van der Waals surface area contributed by atoms with Crippen LogP contribution in [0, 0.1) is 6.92 Å². The van der Waals surface area contributed by atoms with Crippen LogP contribution in [0.3, 0.4) is 0 Å². The lowest BCUT2D eigenvalue weighted by Gasteiger charge is -2.18. The van der Waals surface area contributed by atoms with Crippen LogP contribution in [0.25, 0.3) is 0 Å². The summed E-state index contributed by atoms with van der Waals surface area (Å²) in [5.74, 6) is 0.204. The lowest BCUT2D eigenvalue weighted by atomic mass is 10.2. The molecule has 0 spiro atoms. The van der Waals surface area contributed by atoms with Crippen LogP contribution in [0.5, 0.6) is 5.75 Å². The molecule has 0 fully saturated rings. The zero-order chi connectivity index (χ0) is 15.2. The Labute approximate surface area is 128 Å². The number of hydrogen-bond donors (Lipinski definition) is 2. The van der Waals surface area contributed by atoms with Crippen molar-refractivity contribution in [3.05, 3.63) is 45.9 Å². The van der Waals surface area contributed by atoms with E-state index in [0.29, 0.717) is 13.1 Å². The number of aromatic hydroxyl groups is 1. The van der Waals surface area contributed by atoms with E-state index in [4.69, 9.17) is 0 Å². The zero-order valence-electron chi connectivity index (χ0n) is 12.2. The molecule has 0 aliphatic carbocycles. The number of phenols is 1. The first kappa shape index (κ1) is 15.3. The van der Waals surface area contributed by atoms with Crippen LogP contribution in [-0.4, -0.2) is 34.6 Å². The van der Waals surface area contributed by atoms with Gasteiger partial charge in [-0.25, -0.2) is 9.78 Å². The Hall–Kier alpha value is -2.08. The summed E-state index contributed by atoms with van der Waals surface area (Å²) in [6, 6.07) is 6.85. The maximum absolute atomic E-state index is 12.0. The van der Waals surface area contributed by atoms with Crippen molar-refractivity contribution in [2.75, 3.05) is 13.6 Å². The number of benzene rings is 1. The second-order valence-corrected chi connectivity index (χ2v) is 5.89. The van der Waals surface area contributed by atoms with Crippen LogP contribution >= 0.6 is 11.3 Å². The molecule has 0 aliphatic heterocycles. The summed E-state index contributed by atoms with van der Waals surface area (Å²) in [6.45, 7) is 2.88. The predicted octanol–water partition coefficient (Wildman–Crippen LogP) is 2.54. The van der Waals surface area contributed by atoms with E-state index in [2.05, 4.69) is 10.3 Å². The van der Waals surface area contributed by atoms with Gasteiger partial charge < -0.3 is 15.3 Å². The van der Waals surface area contributed by atoms with Gasteiger partial charge in [-0.05, 0) is 13.0 Å². The molecule has 2 N–H and O–H groups in total. The molecule has 1 heterocycles. The fraction of sp³-hybridized carbons (Fsp3) is 0.333. The van der Waals surface area contributed by atoms with Crippen molar-refractivity contribution in [2.24, 2.45) is 0 Å². The molecular formula is C15H19N3O2S. The van der Waals surface area contributed by atoms with Crippen LogP contribution in [0.4, 0.5) is 4.79 Å². The smallest absolute Gasteiger partial charge is 0.317 e. The summed E-state index contributed by atoms with van der Waals surface area (Å²) < 4.78 is 0. The molecule has 0 bridgehead atoms. The van der Waals surface area contributed by atoms with Crippen molar-refractivity contribution < 1.29 is 9.90 Å². The Morgan fingerprint density at radius 2 is 2.19 bits per heavy atom. The number of phenolic OH excluding ortho intramolecular Hbond substituents is 1. The highest BCUT2D eigenvalue weighted by atomic mass is 32.1. The van der Waals surface area contributed by atoms with Crippen LogP contribution in [0.2, 0.25) is 0 Å². The second-order valence-electron chi connectivity index (χ2n) is 4.82. The van der Waals surface area contributed by atoms with Gasteiger partial charge in [-0.1, -0.05) is 18.2 Å². The van der Waals surface area contributed by atoms with Crippen LogP contribution in [0.1, 0.15) is 16.3 Å². The number of urea groups is 1. The van der Waals surface area contributed by atoms with Gasteiger partial charge in [0.15, 0.2) is 0 Å². The quantitative estimate of drug-likeness (QED) is 0.892. The number of rotatable bonds is 5. The number of thiazole rings is 1. The van der Waals surface area contributed by atoms with E-state index in [0.717, 1.165) is 22.7 Å². The van der Waals surface area contributed by atoms with Crippen molar-refractivity contribution in [3.63, 3.8) is 0 Å². The van der Waals surface area contributed by atoms with Gasteiger partial charge in [-0.2, -0.15) is 0 Å². The average molecular weight is 305 g/mol. The molecule has 5 nitrogen and oxygen atoms in total. The van der Waals surface area contributed by atoms with Crippen LogP contribution in [0.15, 0.2) is 29.6 Å². The molecule has 1 aromatic heterocycles. The number of nitrogens with one attached hydrogen (secondary N) is 1. The van der Waals surface area contributed by atoms with Gasteiger partial charge in [0.2, 0.25) is 0 Å². The van der Waals surface area contributed by atoms with Gasteiger partial charge in [0, 0.05) is 31.0 Å². The van der Waals surface area contributed by atoms with Gasteiger partial charge in [0.1, 0.15) is 5.75 Å². The Morgan fingerprint density at radius 3 is 2.86 bits per heavy atom. The number of nitrogens with zero attached hydrogens (tertiary/aromatic N) is 2. The third-order valence-corrected chi connectivity index (χ3v) is 3.89. The van der Waals surface area contributed by atoms with Crippen LogP contribution in [-0.2, 0) is 13.0 Å². The van der Waals surface area contributed by atoms with Gasteiger partial charge >= 0.3 is 6.03 Å². The first-order chi connectivity index (χ1) is 10.1. The summed E-state index contributed by atoms with van der Waals surface area (Å²) in [7, 11) is 1.70. The number of aromatic nitrogens is 1. The average Bonchev–Trinajstić information content (AvgIpc) is 2.87. The Bertz CT molecular complexity index is 612. The highest BCUT2D eigenvalue weighted by molar-refractivity contribution is 7.09. The van der Waals surface area contributed by atoms with Crippen LogP contribution < -0.4 is 5.32 Å². The normalized spacial score (nSPS) is 10.4. The van der Waals surface area contributed by atoms with E-state index >= 15 is 0 Å². The number of carbonyl (C=O) groups excluding carboxylic acids is 1. The molecular weight excluding hydrogens is 286 g/mol. The molecule has 2 aromatic rings. The Kier molecular flexibility index (Phi) is 5.16. The third kappa shape index (κ3) is 4.46. The predicted molar refractivity (Wildman–Crippen MR) is 83.5 cm³/mol. The summed E-state index contributed by atoms with van der Waals surface area (Å²) in [6.07, 6.45) is 0.723. The zero-order valence-corrected chi connectivity index (χ0v) is 13.0. The molecule has 0 unspecified atom stereocenters. The SMILES string of the molecule is Cc1nc(CCNC(=O)N(C)Cc2ccccc2O)cs1. The molecule has 112 valence electrons. The largest absolute Gasteiger partial charge is 0.508 e. The van der Waals surface area contributed by atoms with Crippen molar-refractivity contribution in [3.8, 4) is 5.75 Å². The van der Waals surface area contributed by atoms with Gasteiger partial charge in [-0.15, -0.1) is 11.3 Å². The highest BCUT2D eigenvalue weighted by Gasteiger charge is 2.10. The van der Waals surface area contributed by atoms with Crippen molar-refractivity contribution in [1.82, 2.24) is 15.2 Å². The minimum Gasteiger partial charge on any atom is -0.508 e. The topological polar surface area (TPSA) is 65.5 Å². The molecule has 6 heteroatoms. The minimum absolute atomic E-state index is 0.162. The number of aryl methyl sites for hydroxylation is 1. The second kappa shape index (κ2) is 7.08. The molecule has 0 atom stereocenters. The van der Waals surface area contributed by atoms with E-state index in [9.17, 15) is 9.90 Å². The van der Waals surface area contributed by atoms with Gasteiger partial charge in [0.25, 0.3) is 0 Å². The molecule has 2 amide bonds. The van der Waals surface area contributed by atoms with Crippen molar-refractivity contribution in [2.45, 2.75) is 19.9 Å². The number of para-hydroxylation sites is 1. The first-order valence-electron chi connectivity index (χ1n) is 6.73. The molecule has 2 rings (SSSR count). The van der Waals surface area contributed by atoms with E-state index in [1.165, 1.54) is 0 Å². The number of carbonyl (C=O) groups is 1.